The number of fused-ring (bicyclic) bond motifs is 1. The summed E-state index contributed by atoms with van der Waals surface area (Å²) in [5.41, 5.74) is 2.07. The summed E-state index contributed by atoms with van der Waals surface area (Å²) in [5, 5.41) is 18.9. The average molecular weight is 221 g/mol. The van der Waals surface area contributed by atoms with Gasteiger partial charge in [-0.2, -0.15) is 0 Å². The SMILES string of the molecule is Cc1cc2c(OCC(O)CO)cccc2[nH]1. The van der Waals surface area contributed by atoms with Crippen molar-refractivity contribution in [1.29, 1.82) is 0 Å². The van der Waals surface area contributed by atoms with Crippen LogP contribution in [0.1, 0.15) is 5.69 Å². The molecule has 0 radical (unpaired) electrons. The Hall–Kier alpha value is -1.52. The minimum Gasteiger partial charge on any atom is -0.490 e. The largest absolute Gasteiger partial charge is 0.490 e. The molecule has 0 aliphatic heterocycles. The first-order chi connectivity index (χ1) is 7.70. The number of aromatic amines is 1. The number of hydrogen-bond donors (Lipinski definition) is 3. The molecule has 0 aliphatic rings. The lowest BCUT2D eigenvalue weighted by Crippen LogP contribution is -2.21. The molecular formula is C12H15NO3. The lowest BCUT2D eigenvalue weighted by molar-refractivity contribution is 0.0541. The molecule has 0 saturated carbocycles. The third-order valence-electron chi connectivity index (χ3n) is 2.40. The van der Waals surface area contributed by atoms with E-state index in [9.17, 15) is 5.11 Å². The van der Waals surface area contributed by atoms with E-state index < -0.39 is 6.10 Å². The van der Waals surface area contributed by atoms with Crippen LogP contribution in [0.15, 0.2) is 24.3 Å². The summed E-state index contributed by atoms with van der Waals surface area (Å²) in [7, 11) is 0. The van der Waals surface area contributed by atoms with Gasteiger partial charge in [0.25, 0.3) is 0 Å². The topological polar surface area (TPSA) is 65.5 Å². The Kier molecular flexibility index (Phi) is 3.12. The normalized spacial score (nSPS) is 12.9. The Bertz CT molecular complexity index is 478. The number of nitrogens with one attached hydrogen (secondary N) is 1. The predicted octanol–water partition coefficient (Wildman–Crippen LogP) is 1.21. The van der Waals surface area contributed by atoms with Gasteiger partial charge in [-0.3, -0.25) is 0 Å². The zero-order chi connectivity index (χ0) is 11.5. The molecule has 3 N–H and O–H groups in total. The highest BCUT2D eigenvalue weighted by molar-refractivity contribution is 5.86. The van der Waals surface area contributed by atoms with Crippen LogP contribution in [0.3, 0.4) is 0 Å². The maximum atomic E-state index is 9.21. The molecule has 1 atom stereocenters. The van der Waals surface area contributed by atoms with Crippen LogP contribution in [0.5, 0.6) is 5.75 Å². The van der Waals surface area contributed by atoms with Gasteiger partial charge in [0.1, 0.15) is 18.5 Å². The summed E-state index contributed by atoms with van der Waals surface area (Å²) in [6.45, 7) is 1.79. The van der Waals surface area contributed by atoms with Crippen LogP contribution in [-0.2, 0) is 0 Å². The molecule has 2 rings (SSSR count). The fraction of sp³-hybridized carbons (Fsp3) is 0.333. The summed E-state index contributed by atoms with van der Waals surface area (Å²) in [4.78, 5) is 3.21. The van der Waals surface area contributed by atoms with Crippen molar-refractivity contribution in [1.82, 2.24) is 4.98 Å². The zero-order valence-corrected chi connectivity index (χ0v) is 9.10. The highest BCUT2D eigenvalue weighted by Crippen LogP contribution is 2.26. The van der Waals surface area contributed by atoms with Crippen molar-refractivity contribution < 1.29 is 14.9 Å². The first-order valence-corrected chi connectivity index (χ1v) is 5.21. The van der Waals surface area contributed by atoms with Crippen LogP contribution >= 0.6 is 0 Å². The summed E-state index contributed by atoms with van der Waals surface area (Å²) in [6.07, 6.45) is -0.838. The second-order valence-electron chi connectivity index (χ2n) is 3.82. The highest BCUT2D eigenvalue weighted by Gasteiger charge is 2.07. The van der Waals surface area contributed by atoms with Gasteiger partial charge in [-0.25, -0.2) is 0 Å². The van der Waals surface area contributed by atoms with Crippen LogP contribution in [0, 0.1) is 6.92 Å². The number of aliphatic hydroxyl groups is 2. The molecule has 1 heterocycles. The molecule has 4 nitrogen and oxygen atoms in total. The number of H-pyrrole nitrogens is 1. The molecule has 0 aliphatic carbocycles. The molecule has 0 amide bonds. The van der Waals surface area contributed by atoms with Crippen molar-refractivity contribution in [2.45, 2.75) is 13.0 Å². The van der Waals surface area contributed by atoms with Crippen molar-refractivity contribution in [2.24, 2.45) is 0 Å². The van der Waals surface area contributed by atoms with Crippen LogP contribution < -0.4 is 4.74 Å². The van der Waals surface area contributed by atoms with Gasteiger partial charge in [-0.1, -0.05) is 6.07 Å². The minimum absolute atomic E-state index is 0.0971. The fourth-order valence-corrected chi connectivity index (χ4v) is 1.63. The number of aryl methyl sites for hydroxylation is 1. The van der Waals surface area contributed by atoms with Crippen molar-refractivity contribution in [3.63, 3.8) is 0 Å². The van der Waals surface area contributed by atoms with Gasteiger partial charge in [-0.15, -0.1) is 0 Å². The smallest absolute Gasteiger partial charge is 0.128 e. The van der Waals surface area contributed by atoms with E-state index in [1.54, 1.807) is 0 Å². The van der Waals surface area contributed by atoms with Crippen molar-refractivity contribution >= 4 is 10.9 Å². The van der Waals surface area contributed by atoms with E-state index in [1.807, 2.05) is 31.2 Å². The Balaban J connectivity index is 2.23. The lowest BCUT2D eigenvalue weighted by atomic mass is 10.2. The molecule has 86 valence electrons. The van der Waals surface area contributed by atoms with Gasteiger partial charge >= 0.3 is 0 Å². The van der Waals surface area contributed by atoms with E-state index >= 15 is 0 Å². The summed E-state index contributed by atoms with van der Waals surface area (Å²) < 4.78 is 5.46. The number of rotatable bonds is 4. The van der Waals surface area contributed by atoms with E-state index in [-0.39, 0.29) is 13.2 Å². The maximum Gasteiger partial charge on any atom is 0.128 e. The van der Waals surface area contributed by atoms with Gasteiger partial charge in [0.2, 0.25) is 0 Å². The van der Waals surface area contributed by atoms with Crippen molar-refractivity contribution in [3.05, 3.63) is 30.0 Å². The molecule has 2 aromatic rings. The maximum absolute atomic E-state index is 9.21. The quantitative estimate of drug-likeness (QED) is 0.727. The van der Waals surface area contributed by atoms with E-state index in [0.29, 0.717) is 5.75 Å². The third kappa shape index (κ3) is 2.18. The molecule has 1 unspecified atom stereocenters. The molecule has 4 heteroatoms. The van der Waals surface area contributed by atoms with E-state index in [1.165, 1.54) is 0 Å². The number of aliphatic hydroxyl groups excluding tert-OH is 2. The molecule has 16 heavy (non-hydrogen) atoms. The third-order valence-corrected chi connectivity index (χ3v) is 2.40. The predicted molar refractivity (Wildman–Crippen MR) is 61.6 cm³/mol. The average Bonchev–Trinajstić information content (AvgIpc) is 2.66. The molecule has 1 aromatic heterocycles. The van der Waals surface area contributed by atoms with Crippen LogP contribution in [0.2, 0.25) is 0 Å². The molecule has 0 bridgehead atoms. The lowest BCUT2D eigenvalue weighted by Gasteiger charge is -2.10. The van der Waals surface area contributed by atoms with Gasteiger partial charge in [0.15, 0.2) is 0 Å². The molecule has 0 fully saturated rings. The van der Waals surface area contributed by atoms with Gasteiger partial charge in [0.05, 0.1) is 6.61 Å². The summed E-state index contributed by atoms with van der Waals surface area (Å²) in [5.74, 6) is 0.717. The second-order valence-corrected chi connectivity index (χ2v) is 3.82. The molecular weight excluding hydrogens is 206 g/mol. The summed E-state index contributed by atoms with van der Waals surface area (Å²) in [6, 6.07) is 7.70. The Morgan fingerprint density at radius 3 is 3.00 bits per heavy atom. The van der Waals surface area contributed by atoms with Gasteiger partial charge in [-0.05, 0) is 25.1 Å². The van der Waals surface area contributed by atoms with Crippen LogP contribution in [0.25, 0.3) is 10.9 Å². The first-order valence-electron chi connectivity index (χ1n) is 5.21. The molecule has 1 aromatic carbocycles. The Morgan fingerprint density at radius 1 is 1.44 bits per heavy atom. The van der Waals surface area contributed by atoms with Crippen molar-refractivity contribution in [3.8, 4) is 5.75 Å². The highest BCUT2D eigenvalue weighted by atomic mass is 16.5. The van der Waals surface area contributed by atoms with Crippen molar-refractivity contribution in [2.75, 3.05) is 13.2 Å². The Morgan fingerprint density at radius 2 is 2.25 bits per heavy atom. The molecule has 0 saturated heterocycles. The standard InChI is InChI=1S/C12H15NO3/c1-8-5-10-11(13-8)3-2-4-12(10)16-7-9(15)6-14/h2-5,9,13-15H,6-7H2,1H3. The fourth-order valence-electron chi connectivity index (χ4n) is 1.63. The number of aromatic nitrogens is 1. The number of benzene rings is 1. The first kappa shape index (κ1) is 11.0. The van der Waals surface area contributed by atoms with Gasteiger partial charge in [0, 0.05) is 16.6 Å². The number of ether oxygens (including phenoxy) is 1. The van der Waals surface area contributed by atoms with Crippen LogP contribution in [0.4, 0.5) is 0 Å². The monoisotopic (exact) mass is 221 g/mol. The zero-order valence-electron chi connectivity index (χ0n) is 9.10. The van der Waals surface area contributed by atoms with E-state index in [2.05, 4.69) is 4.98 Å². The summed E-state index contributed by atoms with van der Waals surface area (Å²) >= 11 is 0. The number of hydrogen-bond acceptors (Lipinski definition) is 3. The van der Waals surface area contributed by atoms with E-state index in [4.69, 9.17) is 9.84 Å². The van der Waals surface area contributed by atoms with E-state index in [0.717, 1.165) is 16.6 Å². The second kappa shape index (κ2) is 4.55. The Labute approximate surface area is 93.5 Å². The minimum atomic E-state index is -0.838. The van der Waals surface area contributed by atoms with Crippen LogP contribution in [-0.4, -0.2) is 34.5 Å². The molecule has 0 spiro atoms. The van der Waals surface area contributed by atoms with Gasteiger partial charge < -0.3 is 19.9 Å².